The lowest BCUT2D eigenvalue weighted by atomic mass is 10.1. The number of esters is 3. The summed E-state index contributed by atoms with van der Waals surface area (Å²) in [5, 5.41) is 0. The van der Waals surface area contributed by atoms with Crippen molar-refractivity contribution < 1.29 is 28.6 Å². The third-order valence-corrected chi connectivity index (χ3v) is 12.1. The Hall–Kier alpha value is -4.71. The van der Waals surface area contributed by atoms with Crippen LogP contribution in [0.1, 0.15) is 245 Å². The van der Waals surface area contributed by atoms with Gasteiger partial charge in [0.05, 0.1) is 0 Å². The van der Waals surface area contributed by atoms with Gasteiger partial charge in [-0.25, -0.2) is 0 Å². The summed E-state index contributed by atoms with van der Waals surface area (Å²) in [6.45, 7) is 6.33. The van der Waals surface area contributed by atoms with E-state index in [1.807, 2.05) is 0 Å². The summed E-state index contributed by atoms with van der Waals surface area (Å²) in [5.74, 6) is -0.960. The third-order valence-electron chi connectivity index (χ3n) is 12.1. The van der Waals surface area contributed by atoms with Crippen LogP contribution in [-0.4, -0.2) is 37.2 Å². The van der Waals surface area contributed by atoms with Gasteiger partial charge in [0.1, 0.15) is 13.2 Å². The number of rotatable bonds is 52. The molecule has 0 bridgehead atoms. The third kappa shape index (κ3) is 58.2. The highest BCUT2D eigenvalue weighted by molar-refractivity contribution is 5.71. The van der Waals surface area contributed by atoms with Crippen LogP contribution < -0.4 is 0 Å². The van der Waals surface area contributed by atoms with Crippen molar-refractivity contribution in [3.8, 4) is 0 Å². The fraction of sp³-hybridized carbons (Fsp3) is 0.603. The smallest absolute Gasteiger partial charge is 0.306 e. The molecule has 0 N–H and O–H groups in total. The lowest BCUT2D eigenvalue weighted by Crippen LogP contribution is -2.30. The van der Waals surface area contributed by atoms with Gasteiger partial charge in [0.2, 0.25) is 0 Å². The molecule has 74 heavy (non-hydrogen) atoms. The van der Waals surface area contributed by atoms with Crippen molar-refractivity contribution in [2.45, 2.75) is 252 Å². The Balaban J connectivity index is 4.39. The van der Waals surface area contributed by atoms with Crippen LogP contribution in [0.15, 0.2) is 146 Å². The predicted octanol–water partition coefficient (Wildman–Crippen LogP) is 20.4. The first-order valence-corrected chi connectivity index (χ1v) is 29.8. The van der Waals surface area contributed by atoms with E-state index in [0.717, 1.165) is 173 Å². The Labute approximate surface area is 455 Å². The highest BCUT2D eigenvalue weighted by atomic mass is 16.6. The Bertz CT molecular complexity index is 1640. The maximum absolute atomic E-state index is 12.8. The van der Waals surface area contributed by atoms with Gasteiger partial charge >= 0.3 is 17.9 Å². The first-order valence-electron chi connectivity index (χ1n) is 29.8. The van der Waals surface area contributed by atoms with Gasteiger partial charge in [0.25, 0.3) is 0 Å². The molecule has 0 aliphatic heterocycles. The van der Waals surface area contributed by atoms with E-state index in [2.05, 4.69) is 167 Å². The minimum absolute atomic E-state index is 0.103. The Morgan fingerprint density at radius 2 is 0.527 bits per heavy atom. The Morgan fingerprint density at radius 3 is 0.838 bits per heavy atom. The lowest BCUT2D eigenvalue weighted by molar-refractivity contribution is -0.167. The second-order valence-corrected chi connectivity index (χ2v) is 19.1. The number of unbranched alkanes of at least 4 members (excludes halogenated alkanes) is 17. The molecule has 0 spiro atoms. The van der Waals surface area contributed by atoms with E-state index < -0.39 is 6.10 Å². The topological polar surface area (TPSA) is 78.9 Å². The summed E-state index contributed by atoms with van der Waals surface area (Å²) < 4.78 is 16.8. The number of allylic oxidation sites excluding steroid dienone is 24. The Kier molecular flexibility index (Phi) is 57.0. The second kappa shape index (κ2) is 60.8. The molecule has 1 atom stereocenters. The van der Waals surface area contributed by atoms with Crippen LogP contribution in [0.3, 0.4) is 0 Å². The molecule has 0 aromatic rings. The van der Waals surface area contributed by atoms with Crippen molar-refractivity contribution in [3.63, 3.8) is 0 Å². The molecule has 0 saturated carbocycles. The van der Waals surface area contributed by atoms with E-state index in [1.54, 1.807) is 0 Å². The first-order chi connectivity index (χ1) is 36.5. The maximum atomic E-state index is 12.8. The van der Waals surface area contributed by atoms with Gasteiger partial charge in [0, 0.05) is 19.3 Å². The summed E-state index contributed by atoms with van der Waals surface area (Å²) in [6.07, 6.45) is 87.0. The zero-order chi connectivity index (χ0) is 53.6. The molecule has 0 aliphatic carbocycles. The van der Waals surface area contributed by atoms with Crippen molar-refractivity contribution in [2.75, 3.05) is 13.2 Å². The number of carbonyl (C=O) groups is 3. The molecular weight excluding hydrogens is 913 g/mol. The van der Waals surface area contributed by atoms with Crippen LogP contribution >= 0.6 is 0 Å². The molecule has 6 nitrogen and oxygen atoms in total. The first kappa shape index (κ1) is 69.3. The maximum Gasteiger partial charge on any atom is 0.306 e. The average molecular weight is 1020 g/mol. The predicted molar refractivity (Wildman–Crippen MR) is 320 cm³/mol. The van der Waals surface area contributed by atoms with E-state index in [1.165, 1.54) is 32.1 Å². The van der Waals surface area contributed by atoms with E-state index in [4.69, 9.17) is 14.2 Å². The minimum atomic E-state index is -0.807. The fourth-order valence-corrected chi connectivity index (χ4v) is 7.64. The van der Waals surface area contributed by atoms with E-state index >= 15 is 0 Å². The highest BCUT2D eigenvalue weighted by Crippen LogP contribution is 2.13. The van der Waals surface area contributed by atoms with Crippen molar-refractivity contribution in [1.82, 2.24) is 0 Å². The quantitative estimate of drug-likeness (QED) is 0.0261. The average Bonchev–Trinajstić information content (AvgIpc) is 3.40. The van der Waals surface area contributed by atoms with Gasteiger partial charge in [-0.05, 0) is 141 Å². The molecular formula is C68H108O6. The van der Waals surface area contributed by atoms with Crippen LogP contribution in [0, 0.1) is 0 Å². The summed E-state index contributed by atoms with van der Waals surface area (Å²) in [6, 6.07) is 0. The van der Waals surface area contributed by atoms with E-state index in [-0.39, 0.29) is 31.1 Å². The van der Waals surface area contributed by atoms with Crippen molar-refractivity contribution in [2.24, 2.45) is 0 Å². The van der Waals surface area contributed by atoms with Crippen LogP contribution in [-0.2, 0) is 28.6 Å². The van der Waals surface area contributed by atoms with E-state index in [0.29, 0.717) is 19.3 Å². The number of hydrogen-bond donors (Lipinski definition) is 0. The molecule has 1 unspecified atom stereocenters. The molecule has 0 aliphatic rings. The van der Waals surface area contributed by atoms with E-state index in [9.17, 15) is 14.4 Å². The summed E-state index contributed by atoms with van der Waals surface area (Å²) in [5.41, 5.74) is 0. The van der Waals surface area contributed by atoms with Gasteiger partial charge < -0.3 is 14.2 Å². The molecule has 0 saturated heterocycles. The molecule has 416 valence electrons. The highest BCUT2D eigenvalue weighted by Gasteiger charge is 2.19. The standard InChI is InChI=1S/C68H108O6/c1-4-7-10-13-16-19-22-25-27-28-29-30-31-32-33-34-35-36-37-38-39-40-42-43-46-49-52-55-58-61-67(70)73-64-65(63-72-66(69)60-57-54-51-48-45-24-21-18-15-12-9-6-3)74-68(71)62-59-56-53-50-47-44-41-26-23-20-17-14-11-8-5-2/h7-8,10-11,16-21,25-27,29-30,32-33,35-36,38-39,41-43,65H,4-6,9,12-15,22-24,28,31,34,37,40,44-64H2,1-3H3/b10-7-,11-8-,19-16-,20-17-,21-18-,27-25-,30-29-,33-32-,36-35-,39-38-,41-26-,43-42-. The molecule has 0 aromatic heterocycles. The fourth-order valence-electron chi connectivity index (χ4n) is 7.64. The van der Waals surface area contributed by atoms with Gasteiger partial charge in [0.15, 0.2) is 6.10 Å². The minimum Gasteiger partial charge on any atom is -0.462 e. The van der Waals surface area contributed by atoms with Crippen molar-refractivity contribution in [3.05, 3.63) is 146 Å². The van der Waals surface area contributed by atoms with Crippen LogP contribution in [0.5, 0.6) is 0 Å². The van der Waals surface area contributed by atoms with Crippen LogP contribution in [0.2, 0.25) is 0 Å². The molecule has 0 amide bonds. The zero-order valence-corrected chi connectivity index (χ0v) is 47.5. The summed E-state index contributed by atoms with van der Waals surface area (Å²) >= 11 is 0. The number of carbonyl (C=O) groups excluding carboxylic acids is 3. The molecule has 0 aromatic carbocycles. The van der Waals surface area contributed by atoms with Gasteiger partial charge in [-0.1, -0.05) is 231 Å². The normalized spacial score (nSPS) is 13.2. The monoisotopic (exact) mass is 1020 g/mol. The van der Waals surface area contributed by atoms with Gasteiger partial charge in [-0.15, -0.1) is 0 Å². The van der Waals surface area contributed by atoms with Crippen LogP contribution in [0.25, 0.3) is 0 Å². The van der Waals surface area contributed by atoms with Crippen molar-refractivity contribution in [1.29, 1.82) is 0 Å². The molecule has 6 heteroatoms. The number of hydrogen-bond acceptors (Lipinski definition) is 6. The van der Waals surface area contributed by atoms with Gasteiger partial charge in [-0.3, -0.25) is 14.4 Å². The van der Waals surface area contributed by atoms with Gasteiger partial charge in [-0.2, -0.15) is 0 Å². The zero-order valence-electron chi connectivity index (χ0n) is 47.5. The summed E-state index contributed by atoms with van der Waals surface area (Å²) in [4.78, 5) is 38.1. The van der Waals surface area contributed by atoms with Crippen LogP contribution in [0.4, 0.5) is 0 Å². The Morgan fingerprint density at radius 1 is 0.284 bits per heavy atom. The van der Waals surface area contributed by atoms with Crippen molar-refractivity contribution >= 4 is 17.9 Å². The molecule has 0 radical (unpaired) electrons. The largest absolute Gasteiger partial charge is 0.462 e. The summed E-state index contributed by atoms with van der Waals surface area (Å²) in [7, 11) is 0. The number of ether oxygens (including phenoxy) is 3. The molecule has 0 rings (SSSR count). The lowest BCUT2D eigenvalue weighted by Gasteiger charge is -2.18. The molecule has 0 fully saturated rings. The second-order valence-electron chi connectivity index (χ2n) is 19.1. The molecule has 0 heterocycles. The SMILES string of the molecule is CC/C=C\C/C=C\C/C=C\C/C=C\C/C=C\C/C=C\C/C=C\C/C=C\CCCCCCC(=O)OCC(COC(=O)CCCCCCC/C=C\CCCCC)OC(=O)CCCCCCC/C=C\C/C=C\C/C=C\CC.